The van der Waals surface area contributed by atoms with Gasteiger partial charge in [-0.1, -0.05) is 36.4 Å². The maximum atomic E-state index is 3.65. The quantitative estimate of drug-likeness (QED) is 0.626. The van der Waals surface area contributed by atoms with Gasteiger partial charge in [0.05, 0.1) is 5.69 Å². The number of piperidine rings is 1. The molecule has 1 fully saturated rings. The average Bonchev–Trinajstić information content (AvgIpc) is 2.89. The van der Waals surface area contributed by atoms with E-state index in [9.17, 15) is 0 Å². The Hall–Kier alpha value is -1.97. The largest absolute Gasteiger partial charge is 0.367 e. The third kappa shape index (κ3) is 2.52. The molecule has 3 aliphatic rings. The second kappa shape index (κ2) is 6.29. The lowest BCUT2D eigenvalue weighted by molar-refractivity contribution is 0.403. The van der Waals surface area contributed by atoms with Crippen LogP contribution in [0.4, 0.5) is 5.69 Å². The summed E-state index contributed by atoms with van der Waals surface area (Å²) in [5.74, 6) is 1.88. The van der Waals surface area contributed by atoms with E-state index in [1.807, 2.05) is 0 Å². The molecule has 0 aliphatic carbocycles. The average molecular weight is 373 g/mol. The summed E-state index contributed by atoms with van der Waals surface area (Å²) in [7, 11) is 0. The number of nitrogens with zero attached hydrogens (tertiary/aromatic N) is 1. The molecule has 27 heavy (non-hydrogen) atoms. The SMILES string of the molecule is c1ccc2cc(-c3cc4c5c(c3)C3CNCCC3N5CCCS4)ccc2c1. The van der Waals surface area contributed by atoms with Gasteiger partial charge in [0.15, 0.2) is 0 Å². The molecule has 0 radical (unpaired) electrons. The fourth-order valence-electron chi connectivity index (χ4n) is 5.26. The highest BCUT2D eigenvalue weighted by atomic mass is 32.2. The number of nitrogens with one attached hydrogen (secondary N) is 1. The number of thioether (sulfide) groups is 1. The van der Waals surface area contributed by atoms with Crippen molar-refractivity contribution in [1.29, 1.82) is 0 Å². The molecule has 1 N–H and O–H groups in total. The zero-order chi connectivity index (χ0) is 17.8. The lowest BCUT2D eigenvalue weighted by Crippen LogP contribution is -2.44. The zero-order valence-electron chi connectivity index (χ0n) is 15.4. The predicted octanol–water partition coefficient (Wildman–Crippen LogP) is 5.27. The number of hydrogen-bond donors (Lipinski definition) is 1. The van der Waals surface area contributed by atoms with Crippen LogP contribution in [0.2, 0.25) is 0 Å². The van der Waals surface area contributed by atoms with E-state index in [1.54, 1.807) is 11.3 Å². The Bertz CT molecular complexity index is 1030. The minimum Gasteiger partial charge on any atom is -0.367 e. The second-order valence-electron chi connectivity index (χ2n) is 8.04. The van der Waals surface area contributed by atoms with Gasteiger partial charge in [-0.15, -0.1) is 11.8 Å². The maximum absolute atomic E-state index is 3.65. The topological polar surface area (TPSA) is 15.3 Å². The summed E-state index contributed by atoms with van der Waals surface area (Å²) in [6.45, 7) is 3.51. The summed E-state index contributed by atoms with van der Waals surface area (Å²) < 4.78 is 0. The van der Waals surface area contributed by atoms with Crippen molar-refractivity contribution < 1.29 is 0 Å². The molecule has 3 aromatic carbocycles. The van der Waals surface area contributed by atoms with E-state index in [0.29, 0.717) is 12.0 Å². The van der Waals surface area contributed by atoms with E-state index in [4.69, 9.17) is 0 Å². The zero-order valence-corrected chi connectivity index (χ0v) is 16.3. The Morgan fingerprint density at radius 2 is 1.89 bits per heavy atom. The van der Waals surface area contributed by atoms with E-state index in [1.165, 1.54) is 51.9 Å². The summed E-state index contributed by atoms with van der Waals surface area (Å²) >= 11 is 2.06. The number of fused-ring (bicyclic) bond motifs is 4. The molecule has 2 atom stereocenters. The van der Waals surface area contributed by atoms with Gasteiger partial charge in [0.1, 0.15) is 0 Å². The van der Waals surface area contributed by atoms with E-state index < -0.39 is 0 Å². The van der Waals surface area contributed by atoms with Gasteiger partial charge in [-0.2, -0.15) is 0 Å². The lowest BCUT2D eigenvalue weighted by atomic mass is 9.88. The van der Waals surface area contributed by atoms with Crippen molar-refractivity contribution in [3.63, 3.8) is 0 Å². The van der Waals surface area contributed by atoms with Crippen molar-refractivity contribution in [3.8, 4) is 11.1 Å². The number of benzene rings is 3. The van der Waals surface area contributed by atoms with E-state index in [0.717, 1.165) is 13.1 Å². The molecule has 2 nitrogen and oxygen atoms in total. The van der Waals surface area contributed by atoms with Crippen LogP contribution in [-0.4, -0.2) is 31.4 Å². The van der Waals surface area contributed by atoms with Gasteiger partial charge in [0, 0.05) is 29.9 Å². The highest BCUT2D eigenvalue weighted by Gasteiger charge is 2.41. The van der Waals surface area contributed by atoms with Gasteiger partial charge >= 0.3 is 0 Å². The van der Waals surface area contributed by atoms with Crippen molar-refractivity contribution in [2.45, 2.75) is 29.7 Å². The van der Waals surface area contributed by atoms with Crippen molar-refractivity contribution >= 4 is 28.2 Å². The molecule has 0 spiro atoms. The van der Waals surface area contributed by atoms with Gasteiger partial charge in [-0.05, 0) is 70.8 Å². The van der Waals surface area contributed by atoms with E-state index in [-0.39, 0.29) is 0 Å². The van der Waals surface area contributed by atoms with Crippen LogP contribution in [0, 0.1) is 0 Å². The molecule has 0 amide bonds. The first-order chi connectivity index (χ1) is 13.4. The van der Waals surface area contributed by atoms with Crippen LogP contribution in [0.3, 0.4) is 0 Å². The minimum atomic E-state index is 0.645. The number of rotatable bonds is 1. The monoisotopic (exact) mass is 372 g/mol. The first-order valence-electron chi connectivity index (χ1n) is 10.2. The first-order valence-corrected chi connectivity index (χ1v) is 11.1. The Morgan fingerprint density at radius 3 is 2.85 bits per heavy atom. The minimum absolute atomic E-state index is 0.645. The molecule has 0 aromatic heterocycles. The van der Waals surface area contributed by atoms with Crippen LogP contribution in [0.1, 0.15) is 24.3 Å². The fourth-order valence-corrected chi connectivity index (χ4v) is 6.34. The molecule has 0 saturated carbocycles. The lowest BCUT2D eigenvalue weighted by Gasteiger charge is -2.33. The number of hydrogen-bond acceptors (Lipinski definition) is 3. The molecule has 136 valence electrons. The smallest absolute Gasteiger partial charge is 0.0544 e. The van der Waals surface area contributed by atoms with Gasteiger partial charge in [-0.3, -0.25) is 0 Å². The van der Waals surface area contributed by atoms with Crippen molar-refractivity contribution in [2.75, 3.05) is 30.3 Å². The van der Waals surface area contributed by atoms with Crippen LogP contribution in [0.5, 0.6) is 0 Å². The van der Waals surface area contributed by atoms with Crippen LogP contribution in [-0.2, 0) is 0 Å². The third-order valence-electron chi connectivity index (χ3n) is 6.52. The highest BCUT2D eigenvalue weighted by molar-refractivity contribution is 7.99. The van der Waals surface area contributed by atoms with Crippen molar-refractivity contribution in [2.24, 2.45) is 0 Å². The Labute approximate surface area is 165 Å². The molecular weight excluding hydrogens is 348 g/mol. The normalized spacial score (nSPS) is 23.8. The van der Waals surface area contributed by atoms with Crippen LogP contribution in [0.15, 0.2) is 59.5 Å². The summed E-state index contributed by atoms with van der Waals surface area (Å²) in [6, 6.07) is 21.2. The molecule has 3 heteroatoms. The summed E-state index contributed by atoms with van der Waals surface area (Å²) in [5.41, 5.74) is 5.87. The van der Waals surface area contributed by atoms with Gasteiger partial charge < -0.3 is 10.2 Å². The Morgan fingerprint density at radius 1 is 0.963 bits per heavy atom. The maximum Gasteiger partial charge on any atom is 0.0544 e. The second-order valence-corrected chi connectivity index (χ2v) is 9.17. The summed E-state index contributed by atoms with van der Waals surface area (Å²) in [4.78, 5) is 4.25. The number of anilines is 1. The van der Waals surface area contributed by atoms with Gasteiger partial charge in [0.2, 0.25) is 0 Å². The molecule has 2 unspecified atom stereocenters. The van der Waals surface area contributed by atoms with Crippen LogP contribution in [0.25, 0.3) is 21.9 Å². The highest BCUT2D eigenvalue weighted by Crippen LogP contribution is 2.51. The molecule has 3 aromatic rings. The molecule has 3 heterocycles. The fraction of sp³-hybridized carbons (Fsp3) is 0.333. The molecular formula is C24H24N2S. The van der Waals surface area contributed by atoms with Crippen LogP contribution >= 0.6 is 11.8 Å². The van der Waals surface area contributed by atoms with Gasteiger partial charge in [-0.25, -0.2) is 0 Å². The standard InChI is InChI=1S/C24H24N2S/c1-2-5-17-12-18(7-6-16(17)4-1)19-13-20-21-15-25-9-8-22(21)26-10-3-11-27-23(14-19)24(20)26/h1-2,4-7,12-14,21-22,25H,3,8-11,15H2. The van der Waals surface area contributed by atoms with Crippen LogP contribution < -0.4 is 10.2 Å². The molecule has 6 rings (SSSR count). The summed E-state index contributed by atoms with van der Waals surface area (Å²) in [5, 5.41) is 6.29. The van der Waals surface area contributed by atoms with E-state index >= 15 is 0 Å². The molecule has 1 saturated heterocycles. The predicted molar refractivity (Wildman–Crippen MR) is 116 cm³/mol. The van der Waals surface area contributed by atoms with E-state index in [2.05, 4.69) is 76.6 Å². The molecule has 0 bridgehead atoms. The van der Waals surface area contributed by atoms with Crippen molar-refractivity contribution in [1.82, 2.24) is 5.32 Å². The third-order valence-corrected chi connectivity index (χ3v) is 7.64. The Balaban J connectivity index is 1.53. The van der Waals surface area contributed by atoms with Gasteiger partial charge in [0.25, 0.3) is 0 Å². The molecule has 3 aliphatic heterocycles. The van der Waals surface area contributed by atoms with Crippen molar-refractivity contribution in [3.05, 3.63) is 60.2 Å². The Kier molecular flexibility index (Phi) is 3.73. The first kappa shape index (κ1) is 16.0. The summed E-state index contributed by atoms with van der Waals surface area (Å²) in [6.07, 6.45) is 2.56.